The molecule has 0 aliphatic carbocycles. The molecule has 0 spiro atoms. The molecule has 0 unspecified atom stereocenters. The monoisotopic (exact) mass is 428 g/mol. The molecule has 0 saturated carbocycles. The van der Waals surface area contributed by atoms with E-state index in [1.165, 1.54) is 24.3 Å². The number of morpholine rings is 1. The fourth-order valence-electron chi connectivity index (χ4n) is 3.80. The molecule has 1 fully saturated rings. The highest BCUT2D eigenvalue weighted by atomic mass is 16.6. The van der Waals surface area contributed by atoms with Gasteiger partial charge in [-0.25, -0.2) is 0 Å². The molecule has 1 saturated heterocycles. The van der Waals surface area contributed by atoms with Crippen molar-refractivity contribution in [2.24, 2.45) is 0 Å². The smallest absolute Gasteiger partial charge is 0.272 e. The summed E-state index contributed by atoms with van der Waals surface area (Å²) in [6, 6.07) is 5.52. The number of carbonyl (C=O) groups is 2. The number of aromatic nitrogens is 2. The summed E-state index contributed by atoms with van der Waals surface area (Å²) in [6.45, 7) is 5.11. The number of ether oxygens (including phenoxy) is 1. The van der Waals surface area contributed by atoms with E-state index in [-0.39, 0.29) is 24.0 Å². The lowest BCUT2D eigenvalue weighted by Crippen LogP contribution is -2.41. The zero-order chi connectivity index (χ0) is 21.8. The molecule has 3 heterocycles. The standard InChI is InChI=1S/C20H24N6O5/c27-19(21-6-8-24-9-11-31-12-10-24)18-16-13-25(7-5-17(16)22-23-18)20(28)14-1-3-15(4-2-14)26(29)30/h1-4H,5-13H2,(H,21,27)(H,22,23). The minimum absolute atomic E-state index is 0.0663. The van der Waals surface area contributed by atoms with Crippen molar-refractivity contribution < 1.29 is 19.2 Å². The van der Waals surface area contributed by atoms with E-state index in [2.05, 4.69) is 20.4 Å². The molecule has 2 aromatic rings. The minimum Gasteiger partial charge on any atom is -0.379 e. The second-order valence-electron chi connectivity index (χ2n) is 7.52. The number of non-ortho nitro benzene ring substituents is 1. The van der Waals surface area contributed by atoms with Gasteiger partial charge in [-0.2, -0.15) is 5.10 Å². The molecule has 31 heavy (non-hydrogen) atoms. The summed E-state index contributed by atoms with van der Waals surface area (Å²) in [5.41, 5.74) is 2.17. The Morgan fingerprint density at radius 2 is 1.94 bits per heavy atom. The van der Waals surface area contributed by atoms with Crippen LogP contribution in [0.2, 0.25) is 0 Å². The number of nitro benzene ring substituents is 1. The number of aromatic amines is 1. The van der Waals surface area contributed by atoms with Gasteiger partial charge in [0, 0.05) is 68.1 Å². The molecule has 2 amide bonds. The zero-order valence-electron chi connectivity index (χ0n) is 17.0. The van der Waals surface area contributed by atoms with Crippen LogP contribution >= 0.6 is 0 Å². The van der Waals surface area contributed by atoms with Crippen LogP contribution in [0.25, 0.3) is 0 Å². The lowest BCUT2D eigenvalue weighted by atomic mass is 10.0. The van der Waals surface area contributed by atoms with E-state index >= 15 is 0 Å². The van der Waals surface area contributed by atoms with Crippen molar-refractivity contribution in [3.8, 4) is 0 Å². The fraction of sp³-hybridized carbons (Fsp3) is 0.450. The second kappa shape index (κ2) is 9.23. The highest BCUT2D eigenvalue weighted by Gasteiger charge is 2.28. The molecule has 0 atom stereocenters. The van der Waals surface area contributed by atoms with E-state index in [1.807, 2.05) is 0 Å². The fourth-order valence-corrected chi connectivity index (χ4v) is 3.80. The van der Waals surface area contributed by atoms with Crippen molar-refractivity contribution in [3.05, 3.63) is 56.9 Å². The van der Waals surface area contributed by atoms with Crippen molar-refractivity contribution in [1.29, 1.82) is 0 Å². The van der Waals surface area contributed by atoms with Gasteiger partial charge in [0.1, 0.15) is 0 Å². The average molecular weight is 428 g/mol. The molecule has 11 heteroatoms. The molecule has 2 N–H and O–H groups in total. The lowest BCUT2D eigenvalue weighted by molar-refractivity contribution is -0.384. The first kappa shape index (κ1) is 20.9. The van der Waals surface area contributed by atoms with Gasteiger partial charge in [0.2, 0.25) is 0 Å². The van der Waals surface area contributed by atoms with Gasteiger partial charge in [0.05, 0.1) is 24.7 Å². The van der Waals surface area contributed by atoms with Gasteiger partial charge in [0.25, 0.3) is 17.5 Å². The molecule has 11 nitrogen and oxygen atoms in total. The number of nitro groups is 1. The van der Waals surface area contributed by atoms with E-state index in [0.717, 1.165) is 25.3 Å². The van der Waals surface area contributed by atoms with Crippen LogP contribution in [-0.2, 0) is 17.7 Å². The van der Waals surface area contributed by atoms with Crippen LogP contribution in [0.1, 0.15) is 32.1 Å². The van der Waals surface area contributed by atoms with Gasteiger partial charge in [0.15, 0.2) is 5.69 Å². The summed E-state index contributed by atoms with van der Waals surface area (Å²) < 4.78 is 5.32. The van der Waals surface area contributed by atoms with Crippen LogP contribution in [0.3, 0.4) is 0 Å². The van der Waals surface area contributed by atoms with Crippen molar-refractivity contribution in [2.45, 2.75) is 13.0 Å². The lowest BCUT2D eigenvalue weighted by Gasteiger charge is -2.27. The summed E-state index contributed by atoms with van der Waals surface area (Å²) in [5, 5.41) is 20.8. The summed E-state index contributed by atoms with van der Waals surface area (Å²) in [4.78, 5) is 39.7. The van der Waals surface area contributed by atoms with E-state index < -0.39 is 4.92 Å². The van der Waals surface area contributed by atoms with Gasteiger partial charge in [-0.1, -0.05) is 0 Å². The van der Waals surface area contributed by atoms with Crippen molar-refractivity contribution in [2.75, 3.05) is 45.9 Å². The maximum atomic E-state index is 12.8. The first-order valence-corrected chi connectivity index (χ1v) is 10.2. The van der Waals surface area contributed by atoms with Crippen LogP contribution in [0.15, 0.2) is 24.3 Å². The summed E-state index contributed by atoms with van der Waals surface area (Å²) in [5.74, 6) is -0.504. The Labute approximate surface area is 178 Å². The van der Waals surface area contributed by atoms with E-state index in [1.54, 1.807) is 4.90 Å². The van der Waals surface area contributed by atoms with E-state index in [9.17, 15) is 19.7 Å². The number of benzene rings is 1. The Morgan fingerprint density at radius 1 is 1.19 bits per heavy atom. The van der Waals surface area contributed by atoms with Crippen molar-refractivity contribution in [3.63, 3.8) is 0 Å². The Balaban J connectivity index is 1.38. The van der Waals surface area contributed by atoms with Gasteiger partial charge in [-0.3, -0.25) is 29.7 Å². The van der Waals surface area contributed by atoms with Crippen LogP contribution < -0.4 is 5.32 Å². The number of rotatable bonds is 6. The van der Waals surface area contributed by atoms with E-state index in [4.69, 9.17) is 4.74 Å². The first-order valence-electron chi connectivity index (χ1n) is 10.2. The summed E-state index contributed by atoms with van der Waals surface area (Å²) >= 11 is 0. The van der Waals surface area contributed by atoms with Crippen molar-refractivity contribution in [1.82, 2.24) is 25.3 Å². The maximum Gasteiger partial charge on any atom is 0.272 e. The maximum absolute atomic E-state index is 12.8. The number of nitrogens with one attached hydrogen (secondary N) is 2. The predicted molar refractivity (Wildman–Crippen MR) is 110 cm³/mol. The Bertz CT molecular complexity index is 967. The number of carbonyl (C=O) groups excluding carboxylic acids is 2. The SMILES string of the molecule is O=C(NCCN1CCOCC1)c1n[nH]c2c1CN(C(=O)c1ccc([N+](=O)[O-])cc1)CC2. The van der Waals surface area contributed by atoms with Gasteiger partial charge in [-0.15, -0.1) is 0 Å². The Hall–Kier alpha value is -3.31. The number of fused-ring (bicyclic) bond motifs is 1. The number of hydrogen-bond acceptors (Lipinski definition) is 7. The predicted octanol–water partition coefficient (Wildman–Crippen LogP) is 0.578. The third kappa shape index (κ3) is 4.72. The molecule has 2 aliphatic rings. The number of amides is 2. The van der Waals surface area contributed by atoms with E-state index in [0.29, 0.717) is 49.5 Å². The summed E-state index contributed by atoms with van der Waals surface area (Å²) in [7, 11) is 0. The molecule has 4 rings (SSSR count). The van der Waals surface area contributed by atoms with Crippen LogP contribution in [0.5, 0.6) is 0 Å². The Morgan fingerprint density at radius 3 is 2.65 bits per heavy atom. The normalized spacial score (nSPS) is 16.6. The molecule has 1 aromatic heterocycles. The molecular weight excluding hydrogens is 404 g/mol. The van der Waals surface area contributed by atoms with Crippen LogP contribution in [0.4, 0.5) is 5.69 Å². The average Bonchev–Trinajstić information content (AvgIpc) is 3.22. The largest absolute Gasteiger partial charge is 0.379 e. The quantitative estimate of drug-likeness (QED) is 0.508. The number of nitrogens with zero attached hydrogens (tertiary/aromatic N) is 4. The number of hydrogen-bond donors (Lipinski definition) is 2. The van der Waals surface area contributed by atoms with Crippen LogP contribution in [0, 0.1) is 10.1 Å². The van der Waals surface area contributed by atoms with Crippen molar-refractivity contribution >= 4 is 17.5 Å². The Kier molecular flexibility index (Phi) is 6.23. The van der Waals surface area contributed by atoms with Gasteiger partial charge in [-0.05, 0) is 12.1 Å². The first-order chi connectivity index (χ1) is 15.0. The molecule has 2 aliphatic heterocycles. The molecule has 1 aromatic carbocycles. The topological polar surface area (TPSA) is 134 Å². The summed E-state index contributed by atoms with van der Waals surface area (Å²) in [6.07, 6.45) is 0.558. The van der Waals surface area contributed by atoms with Gasteiger partial charge < -0.3 is 15.0 Å². The van der Waals surface area contributed by atoms with Crippen LogP contribution in [-0.4, -0.2) is 82.7 Å². The molecule has 164 valence electrons. The molecule has 0 radical (unpaired) electrons. The third-order valence-electron chi connectivity index (χ3n) is 5.58. The van der Waals surface area contributed by atoms with Gasteiger partial charge >= 0.3 is 0 Å². The number of H-pyrrole nitrogens is 1. The molecule has 0 bridgehead atoms. The highest BCUT2D eigenvalue weighted by Crippen LogP contribution is 2.22. The highest BCUT2D eigenvalue weighted by molar-refractivity contribution is 5.96. The molecular formula is C20H24N6O5. The third-order valence-corrected chi connectivity index (χ3v) is 5.58. The second-order valence-corrected chi connectivity index (χ2v) is 7.52. The minimum atomic E-state index is -0.503. The zero-order valence-corrected chi connectivity index (χ0v) is 17.0.